The van der Waals surface area contributed by atoms with Crippen LogP contribution in [0.25, 0.3) is 0 Å². The Bertz CT molecular complexity index is 1900. The highest BCUT2D eigenvalue weighted by Crippen LogP contribution is 2.53. The van der Waals surface area contributed by atoms with Crippen molar-refractivity contribution in [2.45, 2.75) is 101 Å². The lowest BCUT2D eigenvalue weighted by atomic mass is 9.71. The first-order valence-electron chi connectivity index (χ1n) is 19.1. The second kappa shape index (κ2) is 13.9. The van der Waals surface area contributed by atoms with Crippen LogP contribution in [0.1, 0.15) is 99.2 Å². The minimum absolute atomic E-state index is 0.0267. The molecule has 1 saturated heterocycles. The minimum atomic E-state index is -4.99. The fourth-order valence-corrected chi connectivity index (χ4v) is 10.1. The number of aliphatic carboxylic acids is 1. The quantitative estimate of drug-likeness (QED) is 0.254. The number of nitrogens with one attached hydrogen (secondary N) is 1. The average molecular weight is 750 g/mol. The normalized spacial score (nSPS) is 26.4. The highest BCUT2D eigenvalue weighted by Gasteiger charge is 2.57. The number of amides is 1. The van der Waals surface area contributed by atoms with Crippen molar-refractivity contribution in [2.24, 2.45) is 17.8 Å². The monoisotopic (exact) mass is 749 g/mol. The molecule has 3 saturated carbocycles. The summed E-state index contributed by atoms with van der Waals surface area (Å²) in [4.78, 5) is 47.3. The van der Waals surface area contributed by atoms with Crippen molar-refractivity contribution in [1.82, 2.24) is 25.3 Å². The number of rotatable bonds is 8. The van der Waals surface area contributed by atoms with Gasteiger partial charge in [-0.25, -0.2) is 24.7 Å². The molecule has 4 unspecified atom stereocenters. The molecule has 1 amide bonds. The summed E-state index contributed by atoms with van der Waals surface area (Å²) >= 11 is 0. The smallest absolute Gasteiger partial charge is 0.434 e. The molecule has 3 aromatic rings. The van der Waals surface area contributed by atoms with Gasteiger partial charge in [0.2, 0.25) is 11.9 Å². The SMILES string of the molecule is COc1cnc(N2CCC(Oc3ccc4c(c3)C3(CCCCC3)CN4c3ncc(C(=O)NC4(C(=O)O)CC5CC(C)CC4C5)c(C(F)(F)F)n3)CC2)nc1. The van der Waals surface area contributed by atoms with Gasteiger partial charge in [-0.05, 0) is 80.0 Å². The van der Waals surface area contributed by atoms with Gasteiger partial charge in [0.1, 0.15) is 17.4 Å². The molecule has 288 valence electrons. The number of carbonyl (C=O) groups is 2. The molecule has 2 aliphatic heterocycles. The number of ether oxygens (including phenoxy) is 2. The summed E-state index contributed by atoms with van der Waals surface area (Å²) in [6.07, 6.45) is 7.77. The lowest BCUT2D eigenvalue weighted by molar-refractivity contribution is -0.146. The van der Waals surface area contributed by atoms with Crippen LogP contribution in [0.5, 0.6) is 11.5 Å². The Balaban J connectivity index is 1.04. The summed E-state index contributed by atoms with van der Waals surface area (Å²) in [5, 5.41) is 12.9. The molecule has 12 nitrogen and oxygen atoms in total. The average Bonchev–Trinajstić information content (AvgIpc) is 3.61. The molecule has 4 atom stereocenters. The molecular formula is C39H46F3N7O5. The zero-order valence-electron chi connectivity index (χ0n) is 30.6. The molecule has 4 fully saturated rings. The van der Waals surface area contributed by atoms with Crippen LogP contribution in [0.15, 0.2) is 36.8 Å². The third-order valence-corrected chi connectivity index (χ3v) is 12.6. The van der Waals surface area contributed by atoms with Crippen LogP contribution >= 0.6 is 0 Å². The van der Waals surface area contributed by atoms with Gasteiger partial charge >= 0.3 is 12.1 Å². The lowest BCUT2D eigenvalue weighted by Crippen LogP contribution is -2.57. The van der Waals surface area contributed by atoms with E-state index < -0.39 is 34.8 Å². The molecule has 5 aliphatic rings. The number of methoxy groups -OCH3 is 1. The van der Waals surface area contributed by atoms with E-state index in [-0.39, 0.29) is 41.6 Å². The maximum atomic E-state index is 14.7. The van der Waals surface area contributed by atoms with Gasteiger partial charge in [0.05, 0.1) is 25.1 Å². The van der Waals surface area contributed by atoms with Gasteiger partial charge in [-0.3, -0.25) is 4.79 Å². The van der Waals surface area contributed by atoms with Gasteiger partial charge in [-0.2, -0.15) is 13.2 Å². The zero-order chi connectivity index (χ0) is 37.8. The van der Waals surface area contributed by atoms with E-state index in [9.17, 15) is 27.9 Å². The molecule has 0 radical (unpaired) electrons. The first kappa shape index (κ1) is 36.3. The summed E-state index contributed by atoms with van der Waals surface area (Å²) in [7, 11) is 1.57. The maximum absolute atomic E-state index is 14.7. The molecular weight excluding hydrogens is 703 g/mol. The van der Waals surface area contributed by atoms with Crippen molar-refractivity contribution in [3.8, 4) is 11.5 Å². The van der Waals surface area contributed by atoms with E-state index in [2.05, 4.69) is 30.2 Å². The minimum Gasteiger partial charge on any atom is -0.494 e. The number of carboxylic acid groups (broad SMARTS) is 1. The molecule has 15 heteroatoms. The largest absolute Gasteiger partial charge is 0.494 e. The summed E-state index contributed by atoms with van der Waals surface area (Å²) in [5.74, 6) is -0.518. The fourth-order valence-electron chi connectivity index (χ4n) is 10.1. The van der Waals surface area contributed by atoms with Crippen molar-refractivity contribution in [2.75, 3.05) is 36.5 Å². The van der Waals surface area contributed by atoms with E-state index in [1.54, 1.807) is 24.4 Å². The number of carboxylic acids is 1. The van der Waals surface area contributed by atoms with Crippen LogP contribution in [0, 0.1) is 17.8 Å². The third kappa shape index (κ3) is 6.57. The number of halogens is 3. The molecule has 3 aliphatic carbocycles. The number of benzene rings is 1. The number of hydrogen-bond acceptors (Lipinski definition) is 10. The van der Waals surface area contributed by atoms with Crippen LogP contribution in [0.3, 0.4) is 0 Å². The number of carbonyl (C=O) groups excluding carboxylic acids is 1. The van der Waals surface area contributed by atoms with Crippen molar-refractivity contribution in [3.63, 3.8) is 0 Å². The number of aromatic nitrogens is 4. The van der Waals surface area contributed by atoms with Crippen LogP contribution in [0.2, 0.25) is 0 Å². The van der Waals surface area contributed by atoms with Gasteiger partial charge in [-0.1, -0.05) is 26.2 Å². The summed E-state index contributed by atoms with van der Waals surface area (Å²) in [5.41, 5.74) is -2.37. The number of anilines is 3. The fraction of sp³-hybridized carbons (Fsp3) is 0.590. The summed E-state index contributed by atoms with van der Waals surface area (Å²) in [6.45, 7) is 3.90. The van der Waals surface area contributed by atoms with Crippen LogP contribution in [0.4, 0.5) is 30.8 Å². The first-order chi connectivity index (χ1) is 25.9. The van der Waals surface area contributed by atoms with Crippen molar-refractivity contribution < 1.29 is 37.3 Å². The van der Waals surface area contributed by atoms with E-state index in [1.165, 1.54) is 0 Å². The van der Waals surface area contributed by atoms with E-state index in [0.717, 1.165) is 81.9 Å². The molecule has 8 rings (SSSR count). The molecule has 2 aromatic heterocycles. The van der Waals surface area contributed by atoms with Crippen LogP contribution in [-0.2, 0) is 16.4 Å². The number of alkyl halides is 3. The van der Waals surface area contributed by atoms with Crippen LogP contribution < -0.4 is 24.6 Å². The maximum Gasteiger partial charge on any atom is 0.434 e. The van der Waals surface area contributed by atoms with Crippen molar-refractivity contribution in [1.29, 1.82) is 0 Å². The molecule has 54 heavy (non-hydrogen) atoms. The predicted octanol–water partition coefficient (Wildman–Crippen LogP) is 6.70. The molecule has 4 heterocycles. The van der Waals surface area contributed by atoms with Crippen molar-refractivity contribution in [3.05, 3.63) is 53.6 Å². The molecule has 1 spiro atoms. The number of fused-ring (bicyclic) bond motifs is 4. The van der Waals surface area contributed by atoms with Crippen LogP contribution in [-0.4, -0.2) is 75.3 Å². The van der Waals surface area contributed by atoms with Gasteiger partial charge in [-0.15, -0.1) is 0 Å². The van der Waals surface area contributed by atoms with Crippen molar-refractivity contribution >= 4 is 29.5 Å². The van der Waals surface area contributed by atoms with Gasteiger partial charge in [0.25, 0.3) is 5.91 Å². The number of nitrogens with zero attached hydrogens (tertiary/aromatic N) is 6. The molecule has 2 N–H and O–H groups in total. The summed E-state index contributed by atoms with van der Waals surface area (Å²) in [6, 6.07) is 5.76. The van der Waals surface area contributed by atoms with Gasteiger partial charge in [0.15, 0.2) is 11.4 Å². The second-order valence-corrected chi connectivity index (χ2v) is 16.1. The van der Waals surface area contributed by atoms with Gasteiger partial charge < -0.3 is 29.7 Å². The topological polar surface area (TPSA) is 143 Å². The second-order valence-electron chi connectivity index (χ2n) is 16.1. The van der Waals surface area contributed by atoms with E-state index in [0.29, 0.717) is 36.8 Å². The Kier molecular flexibility index (Phi) is 9.32. The number of hydrogen-bond donors (Lipinski definition) is 2. The Hall–Kier alpha value is -4.69. The van der Waals surface area contributed by atoms with E-state index >= 15 is 0 Å². The Morgan fingerprint density at radius 2 is 1.69 bits per heavy atom. The molecule has 1 aromatic carbocycles. The highest BCUT2D eigenvalue weighted by atomic mass is 19.4. The highest BCUT2D eigenvalue weighted by molar-refractivity contribution is 5.99. The van der Waals surface area contributed by atoms with E-state index in [4.69, 9.17) is 9.47 Å². The third-order valence-electron chi connectivity index (χ3n) is 12.6. The van der Waals surface area contributed by atoms with E-state index in [1.807, 2.05) is 25.1 Å². The number of piperidine rings is 1. The standard InChI is InChI=1S/C39H46F3N7O5/c1-23-14-24-16-25(15-23)38(18-24,34(51)52)47-33(50)29-21-45-36(46-32(29)39(40,41)42)49-22-37(10-4-3-5-11-37)30-17-27(6-7-31(30)49)54-26-8-12-48(13-9-26)35-43-19-28(53-2)20-44-35/h6-7,17,19-21,23-26H,3-5,8-16,18,22H2,1-2H3,(H,47,50)(H,51,52). The van der Waals surface area contributed by atoms with Gasteiger partial charge in [0, 0.05) is 49.8 Å². The molecule has 2 bridgehead atoms. The Labute approximate surface area is 311 Å². The summed E-state index contributed by atoms with van der Waals surface area (Å²) < 4.78 is 55.9. The Morgan fingerprint density at radius 1 is 0.963 bits per heavy atom. The predicted molar refractivity (Wildman–Crippen MR) is 192 cm³/mol. The Morgan fingerprint density at radius 3 is 2.37 bits per heavy atom. The lowest BCUT2D eigenvalue weighted by Gasteiger charge is -2.35. The zero-order valence-corrected chi connectivity index (χ0v) is 30.6. The first-order valence-corrected chi connectivity index (χ1v) is 19.1.